The summed E-state index contributed by atoms with van der Waals surface area (Å²) in [6, 6.07) is 8.36. The van der Waals surface area contributed by atoms with Gasteiger partial charge in [-0.05, 0) is 19.1 Å². The molecule has 110 valence electrons. The van der Waals surface area contributed by atoms with E-state index in [2.05, 4.69) is 15.3 Å². The monoisotopic (exact) mass is 307 g/mol. The number of ether oxygens (including phenoxy) is 2. The van der Waals surface area contributed by atoms with Crippen LogP contribution in [-0.4, -0.2) is 29.6 Å². The summed E-state index contributed by atoms with van der Waals surface area (Å²) in [5.74, 6) is 0.439. The number of nitrogens with one attached hydrogen (secondary N) is 1. The second-order valence-corrected chi connectivity index (χ2v) is 4.33. The largest absolute Gasteiger partial charge is 0.493 e. The summed E-state index contributed by atoms with van der Waals surface area (Å²) >= 11 is 5.83. The van der Waals surface area contributed by atoms with Crippen molar-refractivity contribution in [3.8, 4) is 11.6 Å². The van der Waals surface area contributed by atoms with Gasteiger partial charge in [-0.3, -0.25) is 10.1 Å². The predicted molar refractivity (Wildman–Crippen MR) is 79.2 cm³/mol. The Bertz CT molecular complexity index is 649. The van der Waals surface area contributed by atoms with Gasteiger partial charge in [0.2, 0.25) is 11.8 Å². The van der Waals surface area contributed by atoms with E-state index >= 15 is 0 Å². The van der Waals surface area contributed by atoms with Crippen LogP contribution in [-0.2, 0) is 0 Å². The fourth-order valence-corrected chi connectivity index (χ4v) is 1.84. The van der Waals surface area contributed by atoms with Crippen LogP contribution in [0.15, 0.2) is 30.3 Å². The minimum Gasteiger partial charge on any atom is -0.493 e. The average molecular weight is 308 g/mol. The molecule has 1 amide bonds. The summed E-state index contributed by atoms with van der Waals surface area (Å²) in [4.78, 5) is 20.2. The fraction of sp³-hybridized carbons (Fsp3) is 0.214. The van der Waals surface area contributed by atoms with E-state index in [0.717, 1.165) is 0 Å². The highest BCUT2D eigenvalue weighted by Gasteiger charge is 2.14. The Morgan fingerprint density at radius 1 is 1.33 bits per heavy atom. The van der Waals surface area contributed by atoms with Crippen LogP contribution in [0.5, 0.6) is 11.6 Å². The quantitative estimate of drug-likeness (QED) is 0.860. The van der Waals surface area contributed by atoms with Gasteiger partial charge in [0.1, 0.15) is 10.9 Å². The number of benzene rings is 1. The Labute approximate surface area is 127 Å². The Balaban J connectivity index is 2.24. The van der Waals surface area contributed by atoms with Gasteiger partial charge in [-0.2, -0.15) is 4.98 Å². The van der Waals surface area contributed by atoms with Crippen molar-refractivity contribution in [2.75, 3.05) is 19.0 Å². The van der Waals surface area contributed by atoms with Crippen molar-refractivity contribution in [1.29, 1.82) is 0 Å². The predicted octanol–water partition coefficient (Wildman–Crippen LogP) is 2.79. The number of hydrogen-bond donors (Lipinski definition) is 1. The van der Waals surface area contributed by atoms with Gasteiger partial charge in [0.05, 0.1) is 19.3 Å². The number of methoxy groups -OCH3 is 1. The molecule has 21 heavy (non-hydrogen) atoms. The second-order valence-electron chi connectivity index (χ2n) is 3.94. The maximum atomic E-state index is 12.3. The van der Waals surface area contributed by atoms with E-state index in [0.29, 0.717) is 17.9 Å². The molecular weight excluding hydrogens is 294 g/mol. The number of anilines is 1. The van der Waals surface area contributed by atoms with Crippen LogP contribution in [0.4, 0.5) is 5.95 Å². The Kier molecular flexibility index (Phi) is 4.94. The van der Waals surface area contributed by atoms with Crippen molar-refractivity contribution in [3.63, 3.8) is 0 Å². The van der Waals surface area contributed by atoms with E-state index in [1.165, 1.54) is 13.2 Å². The van der Waals surface area contributed by atoms with Gasteiger partial charge in [0, 0.05) is 6.07 Å². The third kappa shape index (κ3) is 3.82. The molecule has 6 nitrogen and oxygen atoms in total. The van der Waals surface area contributed by atoms with Gasteiger partial charge < -0.3 is 9.47 Å². The highest BCUT2D eigenvalue weighted by atomic mass is 35.5. The van der Waals surface area contributed by atoms with Crippen molar-refractivity contribution < 1.29 is 14.3 Å². The first-order chi connectivity index (χ1) is 10.1. The van der Waals surface area contributed by atoms with Gasteiger partial charge in [0.15, 0.2) is 0 Å². The van der Waals surface area contributed by atoms with Gasteiger partial charge in [-0.1, -0.05) is 23.7 Å². The number of carbonyl (C=O) groups excluding carboxylic acids is 1. The molecule has 1 aromatic carbocycles. The van der Waals surface area contributed by atoms with Gasteiger partial charge in [-0.15, -0.1) is 0 Å². The van der Waals surface area contributed by atoms with Crippen molar-refractivity contribution in [3.05, 3.63) is 41.0 Å². The lowest BCUT2D eigenvalue weighted by Crippen LogP contribution is -2.15. The molecule has 0 bridgehead atoms. The lowest BCUT2D eigenvalue weighted by atomic mass is 10.2. The molecule has 2 aromatic rings. The summed E-state index contributed by atoms with van der Waals surface area (Å²) in [5.41, 5.74) is 0.391. The standard InChI is InChI=1S/C14H14ClN3O3/c1-3-21-10-7-5-4-6-9(10)13(19)18-14-16-11(15)8-12(17-14)20-2/h4-8H,3H2,1-2H3,(H,16,17,18,19). The third-order valence-corrected chi connectivity index (χ3v) is 2.73. The summed E-state index contributed by atoms with van der Waals surface area (Å²) in [6.45, 7) is 2.31. The Morgan fingerprint density at radius 2 is 2.10 bits per heavy atom. The van der Waals surface area contributed by atoms with E-state index < -0.39 is 0 Å². The number of hydrogen-bond acceptors (Lipinski definition) is 5. The summed E-state index contributed by atoms with van der Waals surface area (Å²) in [7, 11) is 1.45. The fourth-order valence-electron chi connectivity index (χ4n) is 1.66. The van der Waals surface area contributed by atoms with Crippen LogP contribution in [0.1, 0.15) is 17.3 Å². The van der Waals surface area contributed by atoms with Crippen LogP contribution >= 0.6 is 11.6 Å². The van der Waals surface area contributed by atoms with E-state index in [4.69, 9.17) is 21.1 Å². The summed E-state index contributed by atoms with van der Waals surface area (Å²) < 4.78 is 10.4. The topological polar surface area (TPSA) is 73.3 Å². The average Bonchev–Trinajstić information content (AvgIpc) is 2.47. The molecule has 1 heterocycles. The second kappa shape index (κ2) is 6.90. The molecule has 0 aliphatic heterocycles. The normalized spacial score (nSPS) is 10.0. The summed E-state index contributed by atoms with van der Waals surface area (Å²) in [5, 5.41) is 2.74. The zero-order valence-electron chi connectivity index (χ0n) is 11.6. The van der Waals surface area contributed by atoms with Crippen molar-refractivity contribution in [2.24, 2.45) is 0 Å². The first kappa shape index (κ1) is 15.1. The maximum Gasteiger partial charge on any atom is 0.261 e. The van der Waals surface area contributed by atoms with Crippen molar-refractivity contribution >= 4 is 23.5 Å². The number of rotatable bonds is 5. The van der Waals surface area contributed by atoms with Gasteiger partial charge >= 0.3 is 0 Å². The zero-order chi connectivity index (χ0) is 15.2. The van der Waals surface area contributed by atoms with E-state index in [9.17, 15) is 4.79 Å². The molecule has 0 aliphatic carbocycles. The molecule has 1 aromatic heterocycles. The smallest absolute Gasteiger partial charge is 0.261 e. The number of amides is 1. The van der Waals surface area contributed by atoms with Crippen LogP contribution in [0, 0.1) is 0 Å². The molecule has 0 atom stereocenters. The molecule has 2 rings (SSSR count). The lowest BCUT2D eigenvalue weighted by molar-refractivity contribution is 0.102. The van der Waals surface area contributed by atoms with Crippen LogP contribution in [0.3, 0.4) is 0 Å². The number of nitrogens with zero attached hydrogens (tertiary/aromatic N) is 2. The number of halogens is 1. The molecule has 7 heteroatoms. The number of para-hydroxylation sites is 1. The SMILES string of the molecule is CCOc1ccccc1C(=O)Nc1nc(Cl)cc(OC)n1. The Morgan fingerprint density at radius 3 is 2.81 bits per heavy atom. The Hall–Kier alpha value is -2.34. The highest BCUT2D eigenvalue weighted by molar-refractivity contribution is 6.29. The van der Waals surface area contributed by atoms with Gasteiger partial charge in [0.25, 0.3) is 5.91 Å². The van der Waals surface area contributed by atoms with E-state index in [1.807, 2.05) is 6.92 Å². The molecule has 1 N–H and O–H groups in total. The first-order valence-corrected chi connectivity index (χ1v) is 6.63. The summed E-state index contributed by atoms with van der Waals surface area (Å²) in [6.07, 6.45) is 0. The lowest BCUT2D eigenvalue weighted by Gasteiger charge is -2.10. The molecule has 0 unspecified atom stereocenters. The molecule has 0 saturated heterocycles. The van der Waals surface area contributed by atoms with Crippen molar-refractivity contribution in [2.45, 2.75) is 6.92 Å². The number of aromatic nitrogens is 2. The molecular formula is C14H14ClN3O3. The minimum absolute atomic E-state index is 0.0654. The molecule has 0 saturated carbocycles. The van der Waals surface area contributed by atoms with Crippen LogP contribution in [0.25, 0.3) is 0 Å². The first-order valence-electron chi connectivity index (χ1n) is 6.25. The van der Waals surface area contributed by atoms with E-state index in [-0.39, 0.29) is 22.9 Å². The third-order valence-electron chi connectivity index (χ3n) is 2.54. The van der Waals surface area contributed by atoms with Gasteiger partial charge in [-0.25, -0.2) is 4.98 Å². The van der Waals surface area contributed by atoms with Crippen LogP contribution in [0.2, 0.25) is 5.15 Å². The molecule has 0 fully saturated rings. The highest BCUT2D eigenvalue weighted by Crippen LogP contribution is 2.20. The molecule has 0 spiro atoms. The van der Waals surface area contributed by atoms with Crippen molar-refractivity contribution in [1.82, 2.24) is 9.97 Å². The zero-order valence-corrected chi connectivity index (χ0v) is 12.3. The number of carbonyl (C=O) groups is 1. The minimum atomic E-state index is -0.386. The maximum absolute atomic E-state index is 12.3. The molecule has 0 radical (unpaired) electrons. The van der Waals surface area contributed by atoms with Crippen LogP contribution < -0.4 is 14.8 Å². The molecule has 0 aliphatic rings. The van der Waals surface area contributed by atoms with E-state index in [1.54, 1.807) is 24.3 Å².